The summed E-state index contributed by atoms with van der Waals surface area (Å²) < 4.78 is 37.9. The van der Waals surface area contributed by atoms with Gasteiger partial charge in [0.25, 0.3) is 0 Å². The van der Waals surface area contributed by atoms with Crippen LogP contribution in [-0.2, 0) is 35.3 Å². The molecule has 0 aliphatic heterocycles. The average molecular weight is 542 g/mol. The van der Waals surface area contributed by atoms with Crippen LogP contribution in [-0.4, -0.2) is 51.4 Å². The Labute approximate surface area is 226 Å². The monoisotopic (exact) mass is 541 g/mol. The molecule has 7 nitrogen and oxygen atoms in total. The van der Waals surface area contributed by atoms with E-state index in [0.717, 1.165) is 12.0 Å². The molecule has 2 aliphatic rings. The van der Waals surface area contributed by atoms with Gasteiger partial charge in [-0.1, -0.05) is 62.4 Å². The number of nitrogens with one attached hydrogen (secondary N) is 1. The van der Waals surface area contributed by atoms with Crippen molar-refractivity contribution in [2.45, 2.75) is 76.0 Å². The zero-order valence-electron chi connectivity index (χ0n) is 22.7. The zero-order valence-corrected chi connectivity index (χ0v) is 23.5. The Bertz CT molecular complexity index is 1230. The van der Waals surface area contributed by atoms with Crippen molar-refractivity contribution in [2.75, 3.05) is 12.9 Å². The Morgan fingerprint density at radius 2 is 1.68 bits per heavy atom. The van der Waals surface area contributed by atoms with Crippen molar-refractivity contribution < 1.29 is 27.5 Å². The molecule has 2 aromatic rings. The number of methoxy groups -OCH3 is 1. The molecule has 0 amide bonds. The van der Waals surface area contributed by atoms with Gasteiger partial charge >= 0.3 is 11.9 Å². The third-order valence-electron chi connectivity index (χ3n) is 8.91. The second kappa shape index (κ2) is 11.2. The molecule has 0 radical (unpaired) electrons. The molecule has 0 unspecified atom stereocenters. The molecule has 8 heteroatoms. The molecule has 0 aromatic heterocycles. The molecule has 0 heterocycles. The van der Waals surface area contributed by atoms with Crippen LogP contribution < -0.4 is 5.32 Å². The van der Waals surface area contributed by atoms with Gasteiger partial charge in [-0.15, -0.1) is 0 Å². The first-order chi connectivity index (χ1) is 18.0. The molecular weight excluding hydrogens is 502 g/mol. The lowest BCUT2D eigenvalue weighted by atomic mass is 9.69. The minimum atomic E-state index is -3.56. The largest absolute Gasteiger partial charge is 0.468 e. The topological polar surface area (TPSA) is 98.8 Å². The number of hydrogen-bond acceptors (Lipinski definition) is 7. The van der Waals surface area contributed by atoms with E-state index in [9.17, 15) is 18.0 Å². The molecule has 1 N–H and O–H groups in total. The lowest BCUT2D eigenvalue weighted by Crippen LogP contribution is -2.47. The third kappa shape index (κ3) is 5.66. The fraction of sp³-hybridized carbons (Fsp3) is 0.533. The molecular formula is C30H39NO6S. The SMILES string of the molecule is COC(=O)[C@H](Cc1ccccc1)N[C@@H](C)CC(=O)O[C@H]1C[C@@H]2CC[C@@]1(CS(=O)(=O)c1ccccc1)C2(C)C. The average Bonchev–Trinajstić information content (AvgIpc) is 3.23. The van der Waals surface area contributed by atoms with Crippen LogP contribution in [0, 0.1) is 16.7 Å². The predicted octanol–water partition coefficient (Wildman–Crippen LogP) is 4.35. The first kappa shape index (κ1) is 28.3. The Morgan fingerprint density at radius 1 is 1.05 bits per heavy atom. The van der Waals surface area contributed by atoms with Crippen LogP contribution >= 0.6 is 0 Å². The molecule has 2 aliphatic carbocycles. The predicted molar refractivity (Wildman–Crippen MR) is 145 cm³/mol. The summed E-state index contributed by atoms with van der Waals surface area (Å²) in [6, 6.07) is 17.2. The lowest BCUT2D eigenvalue weighted by Gasteiger charge is -2.41. The molecule has 2 bridgehead atoms. The van der Waals surface area contributed by atoms with Crippen LogP contribution in [0.15, 0.2) is 65.6 Å². The fourth-order valence-electron chi connectivity index (χ4n) is 6.62. The Morgan fingerprint density at radius 3 is 2.29 bits per heavy atom. The third-order valence-corrected chi connectivity index (χ3v) is 10.8. The van der Waals surface area contributed by atoms with E-state index in [1.165, 1.54) is 7.11 Å². The quantitative estimate of drug-likeness (QED) is 0.422. The van der Waals surface area contributed by atoms with Crippen molar-refractivity contribution in [3.05, 3.63) is 66.2 Å². The van der Waals surface area contributed by atoms with Crippen molar-refractivity contribution >= 4 is 21.8 Å². The second-order valence-corrected chi connectivity index (χ2v) is 13.4. The Kier molecular flexibility index (Phi) is 8.33. The van der Waals surface area contributed by atoms with E-state index >= 15 is 0 Å². The fourth-order valence-corrected chi connectivity index (χ4v) is 8.74. The van der Waals surface area contributed by atoms with E-state index < -0.39 is 39.3 Å². The molecule has 2 fully saturated rings. The van der Waals surface area contributed by atoms with Crippen molar-refractivity contribution in [3.8, 4) is 0 Å². The van der Waals surface area contributed by atoms with Crippen LogP contribution in [0.3, 0.4) is 0 Å². The van der Waals surface area contributed by atoms with Crippen LogP contribution in [0.1, 0.15) is 52.0 Å². The van der Waals surface area contributed by atoms with Crippen molar-refractivity contribution in [1.82, 2.24) is 5.32 Å². The molecule has 5 atom stereocenters. The standard InChI is InChI=1S/C30H39NO6S/c1-21(31-25(28(33)36-4)18-22-11-7-5-8-12-22)17-27(32)37-26-19-23-15-16-30(26,29(23,2)3)20-38(34,35)24-13-9-6-10-14-24/h5-14,21,23,25-26,31H,15-20H2,1-4H3/t21-,23-,25-,26-,30-/m0/s1. The summed E-state index contributed by atoms with van der Waals surface area (Å²) in [5.74, 6) is -0.524. The van der Waals surface area contributed by atoms with Gasteiger partial charge in [0.1, 0.15) is 12.1 Å². The highest BCUT2D eigenvalue weighted by Crippen LogP contribution is 2.67. The van der Waals surface area contributed by atoms with Crippen LogP contribution in [0.4, 0.5) is 0 Å². The maximum Gasteiger partial charge on any atom is 0.323 e. The minimum absolute atomic E-state index is 0.0409. The first-order valence-corrected chi connectivity index (χ1v) is 15.0. The molecule has 0 spiro atoms. The van der Waals surface area contributed by atoms with E-state index in [0.29, 0.717) is 30.1 Å². The number of carbonyl (C=O) groups is 2. The van der Waals surface area contributed by atoms with Crippen LogP contribution in [0.2, 0.25) is 0 Å². The van der Waals surface area contributed by atoms with Crippen molar-refractivity contribution in [3.63, 3.8) is 0 Å². The molecule has 206 valence electrons. The summed E-state index contributed by atoms with van der Waals surface area (Å²) >= 11 is 0. The molecule has 38 heavy (non-hydrogen) atoms. The van der Waals surface area contributed by atoms with E-state index in [4.69, 9.17) is 9.47 Å². The summed E-state index contributed by atoms with van der Waals surface area (Å²) in [4.78, 5) is 25.8. The number of benzene rings is 2. The highest BCUT2D eigenvalue weighted by molar-refractivity contribution is 7.91. The maximum atomic E-state index is 13.4. The Hall–Kier alpha value is -2.71. The summed E-state index contributed by atoms with van der Waals surface area (Å²) in [6.07, 6.45) is 2.35. The highest BCUT2D eigenvalue weighted by atomic mass is 32.2. The van der Waals surface area contributed by atoms with Crippen molar-refractivity contribution in [2.24, 2.45) is 16.7 Å². The minimum Gasteiger partial charge on any atom is -0.468 e. The summed E-state index contributed by atoms with van der Waals surface area (Å²) in [6.45, 7) is 6.07. The van der Waals surface area contributed by atoms with Crippen LogP contribution in [0.5, 0.6) is 0 Å². The summed E-state index contributed by atoms with van der Waals surface area (Å²) in [5, 5.41) is 3.22. The lowest BCUT2D eigenvalue weighted by molar-refractivity contribution is -0.157. The van der Waals surface area contributed by atoms with Gasteiger partial charge in [-0.05, 0) is 61.6 Å². The molecule has 0 saturated heterocycles. The Balaban J connectivity index is 1.44. The zero-order chi connectivity index (χ0) is 27.6. The van der Waals surface area contributed by atoms with Gasteiger partial charge in [0.2, 0.25) is 0 Å². The summed E-state index contributed by atoms with van der Waals surface area (Å²) in [5.41, 5.74) is 0.0755. The number of hydrogen-bond donors (Lipinski definition) is 1. The molecule has 4 rings (SSSR count). The van der Waals surface area contributed by atoms with Crippen LogP contribution in [0.25, 0.3) is 0 Å². The molecule has 2 saturated carbocycles. The number of sulfone groups is 1. The number of fused-ring (bicyclic) bond motifs is 2. The summed E-state index contributed by atoms with van der Waals surface area (Å²) in [7, 11) is -2.22. The first-order valence-electron chi connectivity index (χ1n) is 13.3. The number of rotatable bonds is 11. The smallest absolute Gasteiger partial charge is 0.323 e. The molecule has 2 aromatic carbocycles. The van der Waals surface area contributed by atoms with E-state index in [-0.39, 0.29) is 23.6 Å². The van der Waals surface area contributed by atoms with Gasteiger partial charge in [-0.3, -0.25) is 9.59 Å². The van der Waals surface area contributed by atoms with Gasteiger partial charge in [0, 0.05) is 11.5 Å². The van der Waals surface area contributed by atoms with Gasteiger partial charge in [-0.25, -0.2) is 8.42 Å². The van der Waals surface area contributed by atoms with Gasteiger partial charge in [-0.2, -0.15) is 0 Å². The van der Waals surface area contributed by atoms with E-state index in [1.807, 2.05) is 37.3 Å². The maximum absolute atomic E-state index is 13.4. The van der Waals surface area contributed by atoms with Gasteiger partial charge in [0.15, 0.2) is 9.84 Å². The number of esters is 2. The van der Waals surface area contributed by atoms with Gasteiger partial charge < -0.3 is 14.8 Å². The van der Waals surface area contributed by atoms with Crippen molar-refractivity contribution in [1.29, 1.82) is 0 Å². The van der Waals surface area contributed by atoms with E-state index in [2.05, 4.69) is 19.2 Å². The number of carbonyl (C=O) groups excluding carboxylic acids is 2. The number of ether oxygens (including phenoxy) is 2. The van der Waals surface area contributed by atoms with E-state index in [1.54, 1.807) is 30.3 Å². The highest BCUT2D eigenvalue weighted by Gasteiger charge is 2.66. The van der Waals surface area contributed by atoms with Gasteiger partial charge in [0.05, 0.1) is 24.2 Å². The second-order valence-electron chi connectivity index (χ2n) is 11.4. The normalized spacial score (nSPS) is 25.5.